The minimum Gasteiger partial charge on any atom is -0.439 e. The molecule has 0 atom stereocenters. The number of aryl methyl sites for hydroxylation is 3. The number of amides is 1. The van der Waals surface area contributed by atoms with Crippen molar-refractivity contribution in [3.05, 3.63) is 57.2 Å². The molecule has 0 aliphatic heterocycles. The van der Waals surface area contributed by atoms with Crippen molar-refractivity contribution in [1.29, 1.82) is 0 Å². The number of rotatable bonds is 3. The van der Waals surface area contributed by atoms with E-state index in [4.69, 9.17) is 27.6 Å². The number of nitrogens with zero attached hydrogens (tertiary/aromatic N) is 5. The summed E-state index contributed by atoms with van der Waals surface area (Å²) < 4.78 is 9.35. The van der Waals surface area contributed by atoms with E-state index in [0.29, 0.717) is 38.6 Å². The van der Waals surface area contributed by atoms with Gasteiger partial charge in [0.2, 0.25) is 5.71 Å². The number of aromatic nitrogens is 4. The SMILES string of the molecule is Cc1cc(C(=O)N(C)C)n(-c2c(C)nn3c(-c4ccc(Cl)cc4Cl)c(C)oc23)n1. The van der Waals surface area contributed by atoms with E-state index in [0.717, 1.165) is 17.0 Å². The van der Waals surface area contributed by atoms with Gasteiger partial charge in [-0.3, -0.25) is 4.79 Å². The largest absolute Gasteiger partial charge is 0.439 e. The van der Waals surface area contributed by atoms with Crippen LogP contribution < -0.4 is 0 Å². The number of halogens is 2. The van der Waals surface area contributed by atoms with Crippen LogP contribution >= 0.6 is 23.2 Å². The van der Waals surface area contributed by atoms with Crippen LogP contribution in [0.25, 0.3) is 22.7 Å². The fourth-order valence-electron chi connectivity index (χ4n) is 3.36. The van der Waals surface area contributed by atoms with Crippen LogP contribution in [0.3, 0.4) is 0 Å². The van der Waals surface area contributed by atoms with E-state index in [-0.39, 0.29) is 5.91 Å². The number of hydrogen-bond donors (Lipinski definition) is 0. The number of fused-ring (bicyclic) bond motifs is 1. The molecule has 0 aliphatic carbocycles. The Bertz CT molecular complexity index is 1270. The normalized spacial score (nSPS) is 11.4. The zero-order valence-corrected chi connectivity index (χ0v) is 18.1. The van der Waals surface area contributed by atoms with Crippen LogP contribution in [0.5, 0.6) is 0 Å². The van der Waals surface area contributed by atoms with Crippen LogP contribution in [0.1, 0.15) is 27.6 Å². The molecular weight excluding hydrogens is 413 g/mol. The Hall–Kier alpha value is -2.77. The fraction of sp³-hybridized carbons (Fsp3) is 0.250. The van der Waals surface area contributed by atoms with Crippen molar-refractivity contribution in [3.8, 4) is 16.9 Å². The van der Waals surface area contributed by atoms with Gasteiger partial charge in [0.1, 0.15) is 17.1 Å². The van der Waals surface area contributed by atoms with E-state index in [9.17, 15) is 4.79 Å². The summed E-state index contributed by atoms with van der Waals surface area (Å²) in [5.74, 6) is 0.482. The Labute approximate surface area is 177 Å². The van der Waals surface area contributed by atoms with Gasteiger partial charge in [-0.25, -0.2) is 4.68 Å². The molecule has 0 spiro atoms. The summed E-state index contributed by atoms with van der Waals surface area (Å²) in [6.07, 6.45) is 0. The molecule has 3 heterocycles. The molecule has 0 radical (unpaired) electrons. The minimum atomic E-state index is -0.159. The monoisotopic (exact) mass is 431 g/mol. The van der Waals surface area contributed by atoms with Crippen LogP contribution in [0.15, 0.2) is 28.7 Å². The highest BCUT2D eigenvalue weighted by Gasteiger charge is 2.26. The van der Waals surface area contributed by atoms with Gasteiger partial charge < -0.3 is 9.32 Å². The minimum absolute atomic E-state index is 0.159. The lowest BCUT2D eigenvalue weighted by Gasteiger charge is -2.11. The fourth-order valence-corrected chi connectivity index (χ4v) is 3.86. The maximum atomic E-state index is 12.7. The Balaban J connectivity index is 1.99. The zero-order valence-electron chi connectivity index (χ0n) is 16.6. The molecule has 0 aliphatic rings. The van der Waals surface area contributed by atoms with Gasteiger partial charge in [-0.05, 0) is 45.0 Å². The molecule has 0 bridgehead atoms. The second-order valence-electron chi connectivity index (χ2n) is 7.06. The molecule has 3 aromatic heterocycles. The van der Waals surface area contributed by atoms with E-state index in [2.05, 4.69) is 10.2 Å². The number of carbonyl (C=O) groups is 1. The second kappa shape index (κ2) is 6.93. The summed E-state index contributed by atoms with van der Waals surface area (Å²) in [4.78, 5) is 14.2. The Kier molecular flexibility index (Phi) is 4.67. The molecule has 9 heteroatoms. The first-order valence-electron chi connectivity index (χ1n) is 8.92. The molecule has 0 saturated carbocycles. The van der Waals surface area contributed by atoms with Crippen LogP contribution in [-0.2, 0) is 0 Å². The lowest BCUT2D eigenvalue weighted by molar-refractivity contribution is 0.0819. The number of carbonyl (C=O) groups excluding carboxylic acids is 1. The third-order valence-corrected chi connectivity index (χ3v) is 5.19. The van der Waals surface area contributed by atoms with Crippen LogP contribution in [0.4, 0.5) is 0 Å². The summed E-state index contributed by atoms with van der Waals surface area (Å²) in [6.45, 7) is 5.53. The third kappa shape index (κ3) is 3.10. The Morgan fingerprint density at radius 2 is 1.83 bits per heavy atom. The van der Waals surface area contributed by atoms with E-state index in [1.807, 2.05) is 26.8 Å². The highest BCUT2D eigenvalue weighted by atomic mass is 35.5. The van der Waals surface area contributed by atoms with E-state index in [1.165, 1.54) is 4.90 Å². The van der Waals surface area contributed by atoms with Crippen molar-refractivity contribution < 1.29 is 9.21 Å². The first kappa shape index (κ1) is 19.5. The average molecular weight is 432 g/mol. The zero-order chi connectivity index (χ0) is 21.0. The topological polar surface area (TPSA) is 68.6 Å². The molecule has 1 aromatic carbocycles. The molecular formula is C20H19Cl2N5O2. The van der Waals surface area contributed by atoms with Gasteiger partial charge in [-0.2, -0.15) is 14.7 Å². The number of hydrogen-bond acceptors (Lipinski definition) is 4. The molecule has 4 aromatic rings. The lowest BCUT2D eigenvalue weighted by Crippen LogP contribution is -2.24. The first-order valence-corrected chi connectivity index (χ1v) is 9.67. The summed E-state index contributed by atoms with van der Waals surface area (Å²) in [5, 5.41) is 10.2. The summed E-state index contributed by atoms with van der Waals surface area (Å²) in [5.41, 5.74) is 4.40. The van der Waals surface area contributed by atoms with E-state index < -0.39 is 0 Å². The molecule has 0 N–H and O–H groups in total. The molecule has 4 rings (SSSR count). The average Bonchev–Trinajstić information content (AvgIpc) is 3.25. The molecule has 7 nitrogen and oxygen atoms in total. The smallest absolute Gasteiger partial charge is 0.272 e. The van der Waals surface area contributed by atoms with Crippen molar-refractivity contribution in [3.63, 3.8) is 0 Å². The van der Waals surface area contributed by atoms with Gasteiger partial charge in [-0.15, -0.1) is 0 Å². The van der Waals surface area contributed by atoms with Gasteiger partial charge in [-0.1, -0.05) is 23.2 Å². The van der Waals surface area contributed by atoms with Crippen molar-refractivity contribution >= 4 is 34.8 Å². The predicted molar refractivity (Wildman–Crippen MR) is 112 cm³/mol. The molecule has 0 unspecified atom stereocenters. The molecule has 150 valence electrons. The van der Waals surface area contributed by atoms with Crippen LogP contribution in [0, 0.1) is 20.8 Å². The van der Waals surface area contributed by atoms with Gasteiger partial charge in [0.05, 0.1) is 16.4 Å². The second-order valence-corrected chi connectivity index (χ2v) is 7.91. The lowest BCUT2D eigenvalue weighted by atomic mass is 10.1. The van der Waals surface area contributed by atoms with Gasteiger partial charge in [0.25, 0.3) is 5.91 Å². The van der Waals surface area contributed by atoms with Gasteiger partial charge >= 0.3 is 0 Å². The van der Waals surface area contributed by atoms with Crippen LogP contribution in [-0.4, -0.2) is 44.3 Å². The standard InChI is InChI=1S/C20H19Cl2N5O2/c1-10-8-16(19(28)25(4)5)26(23-10)17-11(2)24-27-18(12(3)29-20(17)27)14-7-6-13(21)9-15(14)22/h6-9H,1-5H3. The van der Waals surface area contributed by atoms with E-state index in [1.54, 1.807) is 41.5 Å². The van der Waals surface area contributed by atoms with Crippen molar-refractivity contribution in [2.24, 2.45) is 0 Å². The highest BCUT2D eigenvalue weighted by molar-refractivity contribution is 6.36. The van der Waals surface area contributed by atoms with Crippen LogP contribution in [0.2, 0.25) is 10.0 Å². The number of oxazole rings is 1. The van der Waals surface area contributed by atoms with Crippen molar-refractivity contribution in [2.75, 3.05) is 14.1 Å². The summed E-state index contributed by atoms with van der Waals surface area (Å²) >= 11 is 12.5. The number of benzene rings is 1. The third-order valence-electron chi connectivity index (χ3n) is 4.64. The molecule has 29 heavy (non-hydrogen) atoms. The highest BCUT2D eigenvalue weighted by Crippen LogP contribution is 2.36. The summed E-state index contributed by atoms with van der Waals surface area (Å²) in [6, 6.07) is 7.03. The summed E-state index contributed by atoms with van der Waals surface area (Å²) in [7, 11) is 3.40. The van der Waals surface area contributed by atoms with E-state index >= 15 is 0 Å². The first-order chi connectivity index (χ1) is 13.7. The molecule has 1 amide bonds. The quantitative estimate of drug-likeness (QED) is 0.470. The Morgan fingerprint density at radius 1 is 1.10 bits per heavy atom. The van der Waals surface area contributed by atoms with Gasteiger partial charge in [0, 0.05) is 24.7 Å². The van der Waals surface area contributed by atoms with Crippen molar-refractivity contribution in [1.82, 2.24) is 24.3 Å². The maximum absolute atomic E-state index is 12.7. The maximum Gasteiger partial charge on any atom is 0.272 e. The predicted octanol–water partition coefficient (Wildman–Crippen LogP) is 4.71. The molecule has 0 saturated heterocycles. The van der Waals surface area contributed by atoms with Crippen molar-refractivity contribution in [2.45, 2.75) is 20.8 Å². The molecule has 0 fully saturated rings. The van der Waals surface area contributed by atoms with Gasteiger partial charge in [0.15, 0.2) is 5.69 Å². The Morgan fingerprint density at radius 3 is 2.48 bits per heavy atom.